The van der Waals surface area contributed by atoms with Gasteiger partial charge in [-0.1, -0.05) is 18.5 Å². The molecule has 2 aromatic heterocycles. The average molecular weight is 287 g/mol. The number of imidazole rings is 1. The molecule has 102 valence electrons. The zero-order chi connectivity index (χ0) is 14.1. The second kappa shape index (κ2) is 5.13. The summed E-state index contributed by atoms with van der Waals surface area (Å²) in [6.45, 7) is 3.05. The fraction of sp³-hybridized carbons (Fsp3) is 0.200. The van der Waals surface area contributed by atoms with E-state index in [0.717, 1.165) is 35.4 Å². The van der Waals surface area contributed by atoms with E-state index in [9.17, 15) is 0 Å². The highest BCUT2D eigenvalue weighted by Crippen LogP contribution is 2.27. The van der Waals surface area contributed by atoms with Gasteiger partial charge in [0.2, 0.25) is 0 Å². The summed E-state index contributed by atoms with van der Waals surface area (Å²) >= 11 is 6.05. The summed E-state index contributed by atoms with van der Waals surface area (Å²) in [5.74, 6) is 1.41. The first-order valence-electron chi connectivity index (χ1n) is 6.56. The second-order valence-corrected chi connectivity index (χ2v) is 5.13. The third-order valence-corrected chi connectivity index (χ3v) is 3.44. The number of nitrogens with two attached hydrogens (primary N) is 1. The number of anilines is 1. The van der Waals surface area contributed by atoms with E-state index in [1.165, 1.54) is 0 Å². The Morgan fingerprint density at radius 2 is 2.10 bits per heavy atom. The zero-order valence-corrected chi connectivity index (χ0v) is 11.9. The molecule has 0 spiro atoms. The molecular formula is C15H15ClN4. The molecule has 5 heteroatoms. The van der Waals surface area contributed by atoms with E-state index in [4.69, 9.17) is 17.3 Å². The molecule has 0 aliphatic carbocycles. The largest absolute Gasteiger partial charge is 0.384 e. The van der Waals surface area contributed by atoms with Gasteiger partial charge in [0.05, 0.1) is 11.0 Å². The summed E-state index contributed by atoms with van der Waals surface area (Å²) < 4.78 is 2.19. The normalized spacial score (nSPS) is 11.1. The van der Waals surface area contributed by atoms with Gasteiger partial charge < -0.3 is 10.3 Å². The monoisotopic (exact) mass is 286 g/mol. The molecule has 0 saturated carbocycles. The van der Waals surface area contributed by atoms with E-state index >= 15 is 0 Å². The Bertz CT molecular complexity index is 746. The van der Waals surface area contributed by atoms with E-state index < -0.39 is 0 Å². The predicted molar refractivity (Wildman–Crippen MR) is 82.7 cm³/mol. The number of nitrogen functional groups attached to an aromatic ring is 1. The van der Waals surface area contributed by atoms with E-state index in [-0.39, 0.29) is 0 Å². The number of pyridine rings is 1. The van der Waals surface area contributed by atoms with Crippen molar-refractivity contribution in [2.45, 2.75) is 19.9 Å². The molecule has 0 radical (unpaired) electrons. The molecule has 0 unspecified atom stereocenters. The van der Waals surface area contributed by atoms with Gasteiger partial charge in [0.15, 0.2) is 0 Å². The molecule has 2 N–H and O–H groups in total. The van der Waals surface area contributed by atoms with Crippen LogP contribution in [0.2, 0.25) is 5.02 Å². The second-order valence-electron chi connectivity index (χ2n) is 4.69. The molecule has 0 bridgehead atoms. The molecular weight excluding hydrogens is 272 g/mol. The van der Waals surface area contributed by atoms with Crippen molar-refractivity contribution in [2.24, 2.45) is 0 Å². The van der Waals surface area contributed by atoms with Gasteiger partial charge in [-0.3, -0.25) is 0 Å². The van der Waals surface area contributed by atoms with Gasteiger partial charge in [-0.05, 0) is 36.8 Å². The average Bonchev–Trinajstić information content (AvgIpc) is 2.78. The van der Waals surface area contributed by atoms with Gasteiger partial charge >= 0.3 is 0 Å². The highest BCUT2D eigenvalue weighted by atomic mass is 35.5. The van der Waals surface area contributed by atoms with Crippen LogP contribution in [0, 0.1) is 0 Å². The number of rotatable bonds is 3. The number of hydrogen-bond donors (Lipinski definition) is 1. The van der Waals surface area contributed by atoms with Crippen molar-refractivity contribution in [3.63, 3.8) is 0 Å². The standard InChI is InChI=1S/C15H15ClN4/c1-2-7-20-13-5-4-11(16)8-12(13)19-15(20)10-3-6-14(17)18-9-10/h3-6,8-9H,2,7H2,1H3,(H2,17,18). The van der Waals surface area contributed by atoms with Crippen molar-refractivity contribution in [1.82, 2.24) is 14.5 Å². The molecule has 0 amide bonds. The molecule has 0 aliphatic rings. The van der Waals surface area contributed by atoms with E-state index in [0.29, 0.717) is 10.8 Å². The van der Waals surface area contributed by atoms with Gasteiger partial charge in [-0.2, -0.15) is 0 Å². The highest BCUT2D eigenvalue weighted by Gasteiger charge is 2.12. The number of fused-ring (bicyclic) bond motifs is 1. The Morgan fingerprint density at radius 3 is 2.80 bits per heavy atom. The minimum atomic E-state index is 0.509. The van der Waals surface area contributed by atoms with Crippen molar-refractivity contribution in [3.05, 3.63) is 41.6 Å². The molecule has 0 saturated heterocycles. The van der Waals surface area contributed by atoms with Crippen LogP contribution in [-0.2, 0) is 6.54 Å². The Morgan fingerprint density at radius 1 is 1.25 bits per heavy atom. The maximum Gasteiger partial charge on any atom is 0.142 e. The SMILES string of the molecule is CCCn1c(-c2ccc(N)nc2)nc2cc(Cl)ccc21. The van der Waals surface area contributed by atoms with Gasteiger partial charge in [0.25, 0.3) is 0 Å². The van der Waals surface area contributed by atoms with E-state index in [1.807, 2.05) is 24.3 Å². The third kappa shape index (κ3) is 2.23. The molecule has 0 atom stereocenters. The van der Waals surface area contributed by atoms with Crippen molar-refractivity contribution in [3.8, 4) is 11.4 Å². The first-order valence-corrected chi connectivity index (χ1v) is 6.94. The van der Waals surface area contributed by atoms with Crippen LogP contribution >= 0.6 is 11.6 Å². The molecule has 4 nitrogen and oxygen atoms in total. The topological polar surface area (TPSA) is 56.7 Å². The summed E-state index contributed by atoms with van der Waals surface area (Å²) in [6.07, 6.45) is 2.79. The Balaban J connectivity index is 2.22. The summed E-state index contributed by atoms with van der Waals surface area (Å²) in [5.41, 5.74) is 8.59. The quantitative estimate of drug-likeness (QED) is 0.798. The molecule has 0 aliphatic heterocycles. The molecule has 20 heavy (non-hydrogen) atoms. The van der Waals surface area contributed by atoms with Crippen molar-refractivity contribution in [2.75, 3.05) is 5.73 Å². The fourth-order valence-electron chi connectivity index (χ4n) is 2.31. The lowest BCUT2D eigenvalue weighted by Crippen LogP contribution is -2.00. The van der Waals surface area contributed by atoms with Crippen LogP contribution in [0.25, 0.3) is 22.4 Å². The van der Waals surface area contributed by atoms with E-state index in [1.54, 1.807) is 12.3 Å². The maximum atomic E-state index is 6.05. The molecule has 0 fully saturated rings. The Hall–Kier alpha value is -2.07. The number of halogens is 1. The van der Waals surface area contributed by atoms with Gasteiger partial charge in [-0.25, -0.2) is 9.97 Å². The summed E-state index contributed by atoms with van der Waals surface area (Å²) in [4.78, 5) is 8.83. The van der Waals surface area contributed by atoms with Crippen LogP contribution in [-0.4, -0.2) is 14.5 Å². The van der Waals surface area contributed by atoms with E-state index in [2.05, 4.69) is 21.5 Å². The van der Waals surface area contributed by atoms with Crippen molar-refractivity contribution in [1.29, 1.82) is 0 Å². The number of nitrogens with zero attached hydrogens (tertiary/aromatic N) is 3. The lowest BCUT2D eigenvalue weighted by molar-refractivity contribution is 0.704. The Kier molecular flexibility index (Phi) is 3.32. The molecule has 2 heterocycles. The van der Waals surface area contributed by atoms with Crippen LogP contribution in [0.4, 0.5) is 5.82 Å². The van der Waals surface area contributed by atoms with Crippen LogP contribution in [0.1, 0.15) is 13.3 Å². The summed E-state index contributed by atoms with van der Waals surface area (Å²) in [6, 6.07) is 9.52. The lowest BCUT2D eigenvalue weighted by Gasteiger charge is -2.07. The smallest absolute Gasteiger partial charge is 0.142 e. The van der Waals surface area contributed by atoms with Crippen LogP contribution < -0.4 is 5.73 Å². The van der Waals surface area contributed by atoms with Crippen LogP contribution in [0.5, 0.6) is 0 Å². The zero-order valence-electron chi connectivity index (χ0n) is 11.2. The maximum absolute atomic E-state index is 6.05. The van der Waals surface area contributed by atoms with Gasteiger partial charge in [-0.15, -0.1) is 0 Å². The summed E-state index contributed by atoms with van der Waals surface area (Å²) in [7, 11) is 0. The third-order valence-electron chi connectivity index (χ3n) is 3.20. The number of aromatic nitrogens is 3. The van der Waals surface area contributed by atoms with Gasteiger partial charge in [0.1, 0.15) is 11.6 Å². The molecule has 3 aromatic rings. The van der Waals surface area contributed by atoms with Crippen molar-refractivity contribution < 1.29 is 0 Å². The van der Waals surface area contributed by atoms with Crippen LogP contribution in [0.3, 0.4) is 0 Å². The fourth-order valence-corrected chi connectivity index (χ4v) is 2.48. The minimum absolute atomic E-state index is 0.509. The first-order chi connectivity index (χ1) is 9.69. The highest BCUT2D eigenvalue weighted by molar-refractivity contribution is 6.31. The van der Waals surface area contributed by atoms with Gasteiger partial charge in [0, 0.05) is 23.3 Å². The number of hydrogen-bond acceptors (Lipinski definition) is 3. The summed E-state index contributed by atoms with van der Waals surface area (Å²) in [5, 5.41) is 0.695. The lowest BCUT2D eigenvalue weighted by atomic mass is 10.2. The Labute approximate surface area is 122 Å². The minimum Gasteiger partial charge on any atom is -0.384 e. The molecule has 3 rings (SSSR count). The van der Waals surface area contributed by atoms with Crippen molar-refractivity contribution >= 4 is 28.5 Å². The predicted octanol–water partition coefficient (Wildman–Crippen LogP) is 3.74. The number of aryl methyl sites for hydroxylation is 1. The van der Waals surface area contributed by atoms with Crippen LogP contribution in [0.15, 0.2) is 36.5 Å². The first kappa shape index (κ1) is 12.9. The molecule has 1 aromatic carbocycles. The number of benzene rings is 1.